The number of imide groups is 1. The third kappa shape index (κ3) is 4.39. The number of thiazole rings is 1. The van der Waals surface area contributed by atoms with Crippen LogP contribution < -0.4 is 10.2 Å². The lowest BCUT2D eigenvalue weighted by molar-refractivity contribution is -0.143. The van der Waals surface area contributed by atoms with Gasteiger partial charge in [0, 0.05) is 37.5 Å². The number of carboxylic acid groups (broad SMARTS) is 1. The van der Waals surface area contributed by atoms with Crippen LogP contribution in [0, 0.1) is 17.8 Å². The van der Waals surface area contributed by atoms with Gasteiger partial charge >= 0.3 is 5.97 Å². The number of nitrogens with zero attached hydrogens (tertiary/aromatic N) is 4. The Bertz CT molecular complexity index is 1150. The van der Waals surface area contributed by atoms with Gasteiger partial charge in [-0.05, 0) is 31.3 Å². The second-order valence-electron chi connectivity index (χ2n) is 9.04. The van der Waals surface area contributed by atoms with Crippen LogP contribution in [-0.4, -0.2) is 70.2 Å². The molecule has 1 aromatic heterocycles. The Kier molecular flexibility index (Phi) is 6.24. The van der Waals surface area contributed by atoms with E-state index in [4.69, 9.17) is 9.73 Å². The van der Waals surface area contributed by atoms with E-state index >= 15 is 0 Å². The Morgan fingerprint density at radius 2 is 2.03 bits per heavy atom. The second-order valence-corrected chi connectivity index (χ2v) is 9.91. The number of allylic oxidation sites excluding steroid dienone is 1. The number of aliphatic imine (C=N–C) groups is 1. The van der Waals surface area contributed by atoms with E-state index in [0.29, 0.717) is 42.9 Å². The van der Waals surface area contributed by atoms with E-state index in [0.717, 1.165) is 12.8 Å². The van der Waals surface area contributed by atoms with Gasteiger partial charge in [0.2, 0.25) is 5.91 Å². The van der Waals surface area contributed by atoms with Gasteiger partial charge in [0.05, 0.1) is 11.8 Å². The summed E-state index contributed by atoms with van der Waals surface area (Å²) < 4.78 is 5.44. The highest BCUT2D eigenvalue weighted by Gasteiger charge is 2.45. The molecule has 2 saturated heterocycles. The maximum absolute atomic E-state index is 12.9. The van der Waals surface area contributed by atoms with Crippen LogP contribution >= 0.6 is 11.3 Å². The zero-order valence-electron chi connectivity index (χ0n) is 19.0. The molecule has 0 spiro atoms. The van der Waals surface area contributed by atoms with Crippen molar-refractivity contribution in [3.63, 3.8) is 0 Å². The number of carbonyl (C=O) groups excluding carboxylic acids is 3. The van der Waals surface area contributed by atoms with E-state index in [1.54, 1.807) is 16.5 Å². The number of ether oxygens (including phenoxy) is 1. The third-order valence-electron chi connectivity index (χ3n) is 6.65. The molecule has 3 atom stereocenters. The van der Waals surface area contributed by atoms with Crippen LogP contribution in [0.15, 0.2) is 40.2 Å². The molecule has 0 aliphatic carbocycles. The van der Waals surface area contributed by atoms with Crippen LogP contribution in [0.1, 0.15) is 26.2 Å². The van der Waals surface area contributed by atoms with Crippen molar-refractivity contribution in [2.75, 3.05) is 24.6 Å². The number of Topliss-reactive ketones (excluding diaryl/α,β-unsaturated/α-hetero) is 1. The molecule has 5 rings (SSSR count). The molecular weight excluding hydrogens is 474 g/mol. The summed E-state index contributed by atoms with van der Waals surface area (Å²) in [5, 5.41) is 14.3. The van der Waals surface area contributed by atoms with E-state index < -0.39 is 23.8 Å². The molecule has 2 fully saturated rings. The summed E-state index contributed by atoms with van der Waals surface area (Å²) in [7, 11) is 0. The average molecular weight is 500 g/mol. The van der Waals surface area contributed by atoms with Crippen molar-refractivity contribution in [2.24, 2.45) is 22.7 Å². The molecule has 4 aliphatic heterocycles. The first-order valence-corrected chi connectivity index (χ1v) is 12.4. The van der Waals surface area contributed by atoms with Gasteiger partial charge in [-0.1, -0.05) is 6.92 Å². The van der Waals surface area contributed by atoms with Crippen LogP contribution in [0.2, 0.25) is 0 Å². The zero-order valence-corrected chi connectivity index (χ0v) is 19.9. The monoisotopic (exact) mass is 499 g/mol. The molecule has 0 bridgehead atoms. The lowest BCUT2D eigenvalue weighted by Crippen LogP contribution is -2.56. The van der Waals surface area contributed by atoms with Crippen molar-refractivity contribution < 1.29 is 29.0 Å². The summed E-state index contributed by atoms with van der Waals surface area (Å²) in [5.41, 5.74) is -0.305. The highest BCUT2D eigenvalue weighted by Crippen LogP contribution is 2.37. The number of rotatable bonds is 5. The molecule has 5 heterocycles. The van der Waals surface area contributed by atoms with Crippen molar-refractivity contribution in [2.45, 2.75) is 32.3 Å². The highest BCUT2D eigenvalue weighted by atomic mass is 32.1. The number of likely N-dealkylation sites (tertiary alicyclic amines) is 1. The number of aliphatic carboxylic acids is 1. The number of carboxylic acids is 1. The molecule has 4 aliphatic rings. The molecular formula is C23H25N5O6S. The van der Waals surface area contributed by atoms with Crippen LogP contribution in [0.3, 0.4) is 0 Å². The Labute approximate surface area is 205 Å². The molecule has 1 aromatic rings. The SMILES string of the molecule is CC1C=C(N2CC(C(=O)NC(=O)C3CCCCO3)C2)N=C2[C@@H]1C(=O)C(C(=O)O)=CN2c1nccs1. The van der Waals surface area contributed by atoms with Crippen molar-refractivity contribution in [3.8, 4) is 0 Å². The maximum Gasteiger partial charge on any atom is 0.340 e. The van der Waals surface area contributed by atoms with Gasteiger partial charge in [0.25, 0.3) is 5.91 Å². The molecule has 2 N–H and O–H groups in total. The Morgan fingerprint density at radius 1 is 1.23 bits per heavy atom. The molecule has 35 heavy (non-hydrogen) atoms. The van der Waals surface area contributed by atoms with E-state index in [2.05, 4.69) is 10.3 Å². The Morgan fingerprint density at radius 3 is 2.69 bits per heavy atom. The number of hydrogen-bond acceptors (Lipinski definition) is 10. The van der Waals surface area contributed by atoms with Crippen molar-refractivity contribution in [1.29, 1.82) is 0 Å². The normalized spacial score (nSPS) is 26.7. The number of ketones is 1. The van der Waals surface area contributed by atoms with Crippen LogP contribution in [0.25, 0.3) is 0 Å². The summed E-state index contributed by atoms with van der Waals surface area (Å²) in [4.78, 5) is 62.0. The van der Waals surface area contributed by atoms with Gasteiger partial charge in [-0.25, -0.2) is 14.8 Å². The summed E-state index contributed by atoms with van der Waals surface area (Å²) in [6, 6.07) is 0. The fraction of sp³-hybridized carbons (Fsp3) is 0.478. The molecule has 0 aromatic carbocycles. The van der Waals surface area contributed by atoms with E-state index in [9.17, 15) is 24.3 Å². The number of amidine groups is 1. The lowest BCUT2D eigenvalue weighted by atomic mass is 9.81. The number of amides is 2. The molecule has 0 saturated carbocycles. The minimum Gasteiger partial charge on any atom is -0.478 e. The van der Waals surface area contributed by atoms with Crippen molar-refractivity contribution in [1.82, 2.24) is 15.2 Å². The molecule has 11 nitrogen and oxygen atoms in total. The third-order valence-corrected chi connectivity index (χ3v) is 7.42. The van der Waals surface area contributed by atoms with Crippen LogP contribution in [-0.2, 0) is 23.9 Å². The summed E-state index contributed by atoms with van der Waals surface area (Å²) in [5.74, 6) is -2.89. The topological polar surface area (TPSA) is 142 Å². The molecule has 12 heteroatoms. The summed E-state index contributed by atoms with van der Waals surface area (Å²) in [6.07, 6.45) is 6.57. The predicted octanol–water partition coefficient (Wildman–Crippen LogP) is 1.15. The van der Waals surface area contributed by atoms with Gasteiger partial charge in [-0.2, -0.15) is 0 Å². The number of carbonyl (C=O) groups is 4. The smallest absolute Gasteiger partial charge is 0.340 e. The maximum atomic E-state index is 12.9. The largest absolute Gasteiger partial charge is 0.478 e. The Hall–Kier alpha value is -3.38. The predicted molar refractivity (Wildman–Crippen MR) is 125 cm³/mol. The van der Waals surface area contributed by atoms with Gasteiger partial charge in [-0.3, -0.25) is 24.6 Å². The van der Waals surface area contributed by atoms with E-state index in [1.807, 2.05) is 17.9 Å². The molecule has 2 amide bonds. The zero-order chi connectivity index (χ0) is 24.7. The minimum absolute atomic E-state index is 0.305. The minimum atomic E-state index is -1.29. The van der Waals surface area contributed by atoms with Gasteiger partial charge in [0.1, 0.15) is 23.3 Å². The summed E-state index contributed by atoms with van der Waals surface area (Å²) in [6.45, 7) is 3.13. The van der Waals surface area contributed by atoms with E-state index in [-0.39, 0.29) is 29.2 Å². The van der Waals surface area contributed by atoms with Gasteiger partial charge < -0.3 is 14.7 Å². The quantitative estimate of drug-likeness (QED) is 0.451. The summed E-state index contributed by atoms with van der Waals surface area (Å²) >= 11 is 1.31. The highest BCUT2D eigenvalue weighted by molar-refractivity contribution is 7.13. The molecule has 0 radical (unpaired) electrons. The fourth-order valence-electron chi connectivity index (χ4n) is 4.68. The van der Waals surface area contributed by atoms with E-state index in [1.165, 1.54) is 17.5 Å². The standard InChI is InChI=1S/C23H25N5O6S/c1-12-8-16(27-9-13(10-27)20(30)26-21(31)15-4-2-3-6-34-15)25-19-17(12)18(29)14(22(32)33)11-28(19)23-24-5-7-35-23/h5,7-8,11-13,15,17H,2-4,6,9-10H2,1H3,(H,32,33)(H,26,30,31)/t12?,15?,17-/m0/s1. The van der Waals surface area contributed by atoms with Crippen molar-refractivity contribution in [3.05, 3.63) is 35.2 Å². The Balaban J connectivity index is 1.30. The number of aromatic nitrogens is 1. The number of nitrogens with one attached hydrogen (secondary N) is 1. The number of fused-ring (bicyclic) bond motifs is 1. The molecule has 2 unspecified atom stereocenters. The van der Waals surface area contributed by atoms with Crippen LogP contribution in [0.4, 0.5) is 5.13 Å². The second kappa shape index (κ2) is 9.34. The average Bonchev–Trinajstić information content (AvgIpc) is 3.33. The van der Waals surface area contributed by atoms with Crippen LogP contribution in [0.5, 0.6) is 0 Å². The first-order chi connectivity index (χ1) is 16.8. The lowest BCUT2D eigenvalue weighted by Gasteiger charge is -2.43. The first-order valence-electron chi connectivity index (χ1n) is 11.5. The van der Waals surface area contributed by atoms with Gasteiger partial charge in [0.15, 0.2) is 10.9 Å². The van der Waals surface area contributed by atoms with Crippen molar-refractivity contribution >= 4 is 45.9 Å². The fourth-order valence-corrected chi connectivity index (χ4v) is 5.31. The molecule has 184 valence electrons. The number of anilines is 1. The van der Waals surface area contributed by atoms with Gasteiger partial charge in [-0.15, -0.1) is 11.3 Å². The number of hydrogen-bond donors (Lipinski definition) is 2. The first kappa shape index (κ1) is 23.4.